The predicted octanol–water partition coefficient (Wildman–Crippen LogP) is 3.26. The van der Waals surface area contributed by atoms with Crippen molar-refractivity contribution in [1.29, 1.82) is 0 Å². The number of hydrogen-bond donors (Lipinski definition) is 1. The molecule has 1 aromatic carbocycles. The number of rotatable bonds is 4. The fourth-order valence-corrected chi connectivity index (χ4v) is 3.07. The number of carbonyl (C=O) groups excluding carboxylic acids is 1. The number of hydrogen-bond acceptors (Lipinski definition) is 5. The van der Waals surface area contributed by atoms with Gasteiger partial charge in [0.25, 0.3) is 0 Å². The molecular weight excluding hydrogens is 342 g/mol. The summed E-state index contributed by atoms with van der Waals surface area (Å²) in [5.74, 6) is -0.549. The summed E-state index contributed by atoms with van der Waals surface area (Å²) in [4.78, 5) is 16.1. The molecule has 134 valence electrons. The van der Waals surface area contributed by atoms with E-state index < -0.39 is 12.1 Å². The fourth-order valence-electron chi connectivity index (χ4n) is 3.07. The van der Waals surface area contributed by atoms with Crippen LogP contribution >= 0.6 is 0 Å². The summed E-state index contributed by atoms with van der Waals surface area (Å²) in [5, 5.41) is 15.8. The Morgan fingerprint density at radius 3 is 2.59 bits per heavy atom. The number of aliphatic hydroxyl groups excluding tert-OH is 1. The number of fused-ring (bicyclic) bond motifs is 1. The van der Waals surface area contributed by atoms with E-state index in [0.717, 1.165) is 11.1 Å². The zero-order valence-corrected chi connectivity index (χ0v) is 14.6. The van der Waals surface area contributed by atoms with Gasteiger partial charge in [0.1, 0.15) is 11.8 Å². The molecule has 0 fully saturated rings. The molecule has 0 aliphatic rings. The standard InChI is InChI=1S/C21H17N3O3/c1-27-21(26)16-11-7-10-15(22-16)20(25)18-17-12-5-6-13-24(17)23-19(18)14-8-3-2-4-9-14/h2-13,20,25H,1H3. The molecule has 6 heteroatoms. The SMILES string of the molecule is COC(=O)c1cccc(C(O)c2c(-c3ccccc3)nn3ccccc23)n1. The van der Waals surface area contributed by atoms with Gasteiger partial charge in [-0.05, 0) is 24.3 Å². The van der Waals surface area contributed by atoms with Gasteiger partial charge in [0.05, 0.1) is 24.0 Å². The summed E-state index contributed by atoms with van der Waals surface area (Å²) in [5.41, 5.74) is 3.46. The largest absolute Gasteiger partial charge is 0.464 e. The Morgan fingerprint density at radius 2 is 1.81 bits per heavy atom. The van der Waals surface area contributed by atoms with Gasteiger partial charge in [-0.3, -0.25) is 0 Å². The molecule has 0 aliphatic heterocycles. The lowest BCUT2D eigenvalue weighted by molar-refractivity contribution is 0.0593. The number of pyridine rings is 2. The quantitative estimate of drug-likeness (QED) is 0.566. The highest BCUT2D eigenvalue weighted by Crippen LogP contribution is 2.34. The molecule has 0 saturated carbocycles. The molecule has 3 aromatic heterocycles. The fraction of sp³-hybridized carbons (Fsp3) is 0.0952. The highest BCUT2D eigenvalue weighted by Gasteiger charge is 2.24. The smallest absolute Gasteiger partial charge is 0.356 e. The summed E-state index contributed by atoms with van der Waals surface area (Å²) in [6.45, 7) is 0. The molecule has 0 radical (unpaired) electrons. The Bertz CT molecular complexity index is 1110. The van der Waals surface area contributed by atoms with E-state index in [0.29, 0.717) is 17.0 Å². The number of ether oxygens (including phenoxy) is 1. The minimum atomic E-state index is -1.05. The molecule has 27 heavy (non-hydrogen) atoms. The van der Waals surface area contributed by atoms with E-state index in [-0.39, 0.29) is 5.69 Å². The molecule has 4 aromatic rings. The highest BCUT2D eigenvalue weighted by atomic mass is 16.5. The third kappa shape index (κ3) is 3.07. The minimum Gasteiger partial charge on any atom is -0.464 e. The molecule has 3 heterocycles. The number of nitrogens with zero attached hydrogens (tertiary/aromatic N) is 3. The van der Waals surface area contributed by atoms with Crippen molar-refractivity contribution in [3.63, 3.8) is 0 Å². The Kier molecular flexibility index (Phi) is 4.40. The first-order valence-corrected chi connectivity index (χ1v) is 8.45. The van der Waals surface area contributed by atoms with Crippen LogP contribution in [0.3, 0.4) is 0 Å². The lowest BCUT2D eigenvalue weighted by Gasteiger charge is -2.12. The zero-order valence-electron chi connectivity index (χ0n) is 14.6. The van der Waals surface area contributed by atoms with Crippen LogP contribution in [0.5, 0.6) is 0 Å². The first-order chi connectivity index (χ1) is 13.2. The number of aromatic nitrogens is 3. The van der Waals surface area contributed by atoms with Crippen LogP contribution in [0.25, 0.3) is 16.8 Å². The van der Waals surface area contributed by atoms with E-state index >= 15 is 0 Å². The Hall–Kier alpha value is -3.51. The monoisotopic (exact) mass is 359 g/mol. The van der Waals surface area contributed by atoms with E-state index in [9.17, 15) is 9.90 Å². The van der Waals surface area contributed by atoms with Crippen molar-refractivity contribution >= 4 is 11.5 Å². The molecule has 0 aliphatic carbocycles. The van der Waals surface area contributed by atoms with Crippen LogP contribution < -0.4 is 0 Å². The van der Waals surface area contributed by atoms with Crippen LogP contribution in [-0.4, -0.2) is 32.8 Å². The highest BCUT2D eigenvalue weighted by molar-refractivity contribution is 5.87. The van der Waals surface area contributed by atoms with E-state index in [1.165, 1.54) is 7.11 Å². The normalized spacial score (nSPS) is 12.1. The first-order valence-electron chi connectivity index (χ1n) is 8.45. The number of benzene rings is 1. The maximum absolute atomic E-state index is 11.8. The van der Waals surface area contributed by atoms with Gasteiger partial charge < -0.3 is 9.84 Å². The Morgan fingerprint density at radius 1 is 1.04 bits per heavy atom. The van der Waals surface area contributed by atoms with E-state index in [2.05, 4.69) is 10.1 Å². The molecule has 1 unspecified atom stereocenters. The zero-order chi connectivity index (χ0) is 18.8. The minimum absolute atomic E-state index is 0.145. The lowest BCUT2D eigenvalue weighted by atomic mass is 9.99. The molecule has 0 amide bonds. The van der Waals surface area contributed by atoms with Crippen molar-refractivity contribution in [2.45, 2.75) is 6.10 Å². The molecule has 6 nitrogen and oxygen atoms in total. The van der Waals surface area contributed by atoms with Crippen LogP contribution in [0, 0.1) is 0 Å². The van der Waals surface area contributed by atoms with E-state index in [4.69, 9.17) is 4.74 Å². The maximum atomic E-state index is 11.8. The molecular formula is C21H17N3O3. The first kappa shape index (κ1) is 16.9. The Balaban J connectivity index is 1.89. The molecule has 0 spiro atoms. The third-order valence-electron chi connectivity index (χ3n) is 4.34. The number of methoxy groups -OCH3 is 1. The summed E-state index contributed by atoms with van der Waals surface area (Å²) in [6.07, 6.45) is 0.778. The van der Waals surface area contributed by atoms with Crippen molar-refractivity contribution in [3.05, 3.63) is 89.9 Å². The maximum Gasteiger partial charge on any atom is 0.356 e. The van der Waals surface area contributed by atoms with Crippen molar-refractivity contribution in [3.8, 4) is 11.3 Å². The number of aliphatic hydroxyl groups is 1. The van der Waals surface area contributed by atoms with Crippen LogP contribution in [0.1, 0.15) is 27.8 Å². The summed E-state index contributed by atoms with van der Waals surface area (Å²) in [6, 6.07) is 20.2. The van der Waals surface area contributed by atoms with Gasteiger partial charge in [0.2, 0.25) is 0 Å². The average molecular weight is 359 g/mol. The van der Waals surface area contributed by atoms with Crippen LogP contribution in [0.4, 0.5) is 0 Å². The second-order valence-electron chi connectivity index (χ2n) is 6.00. The topological polar surface area (TPSA) is 76.7 Å². The molecule has 0 bridgehead atoms. The van der Waals surface area contributed by atoms with Crippen molar-refractivity contribution < 1.29 is 14.6 Å². The number of carbonyl (C=O) groups is 1. The Labute approximate surface area is 155 Å². The summed E-state index contributed by atoms with van der Waals surface area (Å²) in [7, 11) is 1.30. The van der Waals surface area contributed by atoms with E-state index in [1.54, 1.807) is 22.7 Å². The van der Waals surface area contributed by atoms with Gasteiger partial charge in [-0.1, -0.05) is 42.5 Å². The summed E-state index contributed by atoms with van der Waals surface area (Å²) >= 11 is 0. The van der Waals surface area contributed by atoms with Crippen molar-refractivity contribution in [2.75, 3.05) is 7.11 Å². The molecule has 1 atom stereocenters. The van der Waals surface area contributed by atoms with Crippen LogP contribution in [0.2, 0.25) is 0 Å². The van der Waals surface area contributed by atoms with Gasteiger partial charge in [-0.2, -0.15) is 5.10 Å². The van der Waals surface area contributed by atoms with E-state index in [1.807, 2.05) is 54.7 Å². The van der Waals surface area contributed by atoms with Gasteiger partial charge >= 0.3 is 5.97 Å². The average Bonchev–Trinajstić information content (AvgIpc) is 3.13. The van der Waals surface area contributed by atoms with Gasteiger partial charge in [-0.25, -0.2) is 14.3 Å². The van der Waals surface area contributed by atoms with Gasteiger partial charge in [0.15, 0.2) is 0 Å². The van der Waals surface area contributed by atoms with Gasteiger partial charge in [0, 0.05) is 17.3 Å². The second kappa shape index (κ2) is 7.01. The van der Waals surface area contributed by atoms with Crippen molar-refractivity contribution in [2.24, 2.45) is 0 Å². The second-order valence-corrected chi connectivity index (χ2v) is 6.00. The van der Waals surface area contributed by atoms with Gasteiger partial charge in [-0.15, -0.1) is 0 Å². The molecule has 0 saturated heterocycles. The third-order valence-corrected chi connectivity index (χ3v) is 4.34. The van der Waals surface area contributed by atoms with Crippen LogP contribution in [-0.2, 0) is 4.74 Å². The lowest BCUT2D eigenvalue weighted by Crippen LogP contribution is -2.09. The predicted molar refractivity (Wildman–Crippen MR) is 100 cm³/mol. The van der Waals surface area contributed by atoms with Crippen LogP contribution in [0.15, 0.2) is 72.9 Å². The van der Waals surface area contributed by atoms with Crippen molar-refractivity contribution in [1.82, 2.24) is 14.6 Å². The summed E-state index contributed by atoms with van der Waals surface area (Å²) < 4.78 is 6.45. The molecule has 1 N–H and O–H groups in total. The number of esters is 1. The molecule has 4 rings (SSSR count).